The molecule has 10 heteroatoms. The smallest absolute Gasteiger partial charge is 0.373 e. The zero-order valence-electron chi connectivity index (χ0n) is 16.3. The van der Waals surface area contributed by atoms with Crippen molar-refractivity contribution in [1.29, 1.82) is 5.26 Å². The first-order chi connectivity index (χ1) is 13.2. The summed E-state index contributed by atoms with van der Waals surface area (Å²) in [6, 6.07) is 1.13. The summed E-state index contributed by atoms with van der Waals surface area (Å²) < 4.78 is 27.2. The van der Waals surface area contributed by atoms with Crippen LogP contribution in [0.25, 0.3) is 0 Å². The summed E-state index contributed by atoms with van der Waals surface area (Å²) in [5.41, 5.74) is 0. The highest BCUT2D eigenvalue weighted by Crippen LogP contribution is 2.30. The van der Waals surface area contributed by atoms with Gasteiger partial charge in [0.2, 0.25) is 11.7 Å². The Kier molecular flexibility index (Phi) is 7.37. The van der Waals surface area contributed by atoms with Gasteiger partial charge in [-0.2, -0.15) is 5.26 Å². The maximum absolute atomic E-state index is 12.0. The number of aliphatic hydroxyl groups excluding tert-OH is 1. The van der Waals surface area contributed by atoms with Gasteiger partial charge in [0.15, 0.2) is 11.9 Å². The summed E-state index contributed by atoms with van der Waals surface area (Å²) in [6.45, 7) is 4.91. The van der Waals surface area contributed by atoms with E-state index < -0.39 is 42.2 Å². The van der Waals surface area contributed by atoms with Gasteiger partial charge in [0.1, 0.15) is 18.3 Å². The van der Waals surface area contributed by atoms with Crippen LogP contribution in [0.2, 0.25) is 0 Å². The van der Waals surface area contributed by atoms with Crippen molar-refractivity contribution in [2.45, 2.75) is 63.4 Å². The molecule has 156 valence electrons. The van der Waals surface area contributed by atoms with Crippen LogP contribution in [0.1, 0.15) is 27.2 Å². The van der Waals surface area contributed by atoms with E-state index >= 15 is 0 Å². The van der Waals surface area contributed by atoms with E-state index in [-0.39, 0.29) is 31.3 Å². The van der Waals surface area contributed by atoms with E-state index in [1.807, 2.05) is 6.07 Å². The first-order valence-electron chi connectivity index (χ1n) is 8.91. The molecule has 2 aliphatic heterocycles. The number of amides is 1. The van der Waals surface area contributed by atoms with Gasteiger partial charge in [-0.3, -0.25) is 4.79 Å². The fourth-order valence-corrected chi connectivity index (χ4v) is 3.08. The van der Waals surface area contributed by atoms with Crippen LogP contribution in [-0.2, 0) is 33.3 Å². The van der Waals surface area contributed by atoms with Gasteiger partial charge in [-0.25, -0.2) is 4.79 Å². The molecule has 0 spiro atoms. The number of aliphatic hydroxyl groups is 1. The second-order valence-electron chi connectivity index (χ2n) is 6.93. The van der Waals surface area contributed by atoms with Crippen LogP contribution >= 0.6 is 0 Å². The zero-order valence-corrected chi connectivity index (χ0v) is 16.3. The monoisotopic (exact) mass is 398 g/mol. The van der Waals surface area contributed by atoms with Crippen LogP contribution in [0.4, 0.5) is 0 Å². The number of nitrogens with one attached hydrogen (secondary N) is 1. The quantitative estimate of drug-likeness (QED) is 0.440. The topological polar surface area (TPSA) is 136 Å². The molecule has 1 fully saturated rings. The van der Waals surface area contributed by atoms with Gasteiger partial charge in [-0.05, 0) is 19.9 Å². The van der Waals surface area contributed by atoms with Crippen molar-refractivity contribution in [1.82, 2.24) is 5.32 Å². The number of ether oxygens (including phenoxy) is 5. The lowest BCUT2D eigenvalue weighted by Crippen LogP contribution is -2.60. The Hall–Kier alpha value is -2.19. The van der Waals surface area contributed by atoms with Crippen molar-refractivity contribution in [2.24, 2.45) is 0 Å². The Balaban J connectivity index is 2.30. The van der Waals surface area contributed by atoms with Crippen molar-refractivity contribution < 1.29 is 38.4 Å². The maximum atomic E-state index is 12.0. The van der Waals surface area contributed by atoms with Gasteiger partial charge < -0.3 is 34.1 Å². The Bertz CT molecular complexity index is 656. The average Bonchev–Trinajstić information content (AvgIpc) is 3.01. The molecule has 4 unspecified atom stereocenters. The van der Waals surface area contributed by atoms with Gasteiger partial charge in [0.05, 0.1) is 38.9 Å². The SMILES string of the molecule is COC(=O)C1=CC(OCCC#N)C(NC(C)=O)[C@H](C(O)C2COC(C)(C)O2)O1. The van der Waals surface area contributed by atoms with E-state index in [2.05, 4.69) is 5.32 Å². The number of hydrogen-bond donors (Lipinski definition) is 2. The first-order valence-corrected chi connectivity index (χ1v) is 8.91. The fourth-order valence-electron chi connectivity index (χ4n) is 3.08. The lowest BCUT2D eigenvalue weighted by molar-refractivity contribution is -0.173. The van der Waals surface area contributed by atoms with Gasteiger partial charge >= 0.3 is 5.97 Å². The summed E-state index contributed by atoms with van der Waals surface area (Å²) in [4.78, 5) is 23.7. The molecule has 0 bridgehead atoms. The summed E-state index contributed by atoms with van der Waals surface area (Å²) in [6.07, 6.45) is -2.40. The molecule has 1 amide bonds. The highest BCUT2D eigenvalue weighted by molar-refractivity contribution is 5.86. The fraction of sp³-hybridized carbons (Fsp3) is 0.722. The average molecular weight is 398 g/mol. The van der Waals surface area contributed by atoms with E-state index in [1.54, 1.807) is 13.8 Å². The Morgan fingerprint density at radius 2 is 2.21 bits per heavy atom. The minimum Gasteiger partial charge on any atom is -0.478 e. The Labute approximate surface area is 163 Å². The standard InChI is InChI=1S/C18H26N2O8/c1-10(21)20-14-11(25-7-5-6-19)8-12(17(23)24-4)27-16(14)15(22)13-9-26-18(2,3)28-13/h8,11,13-16,22H,5,7,9H2,1-4H3,(H,20,21)/t11?,13?,14?,15?,16-/m1/s1. The van der Waals surface area contributed by atoms with Crippen LogP contribution < -0.4 is 5.32 Å². The molecule has 2 heterocycles. The van der Waals surface area contributed by atoms with Crippen molar-refractivity contribution in [2.75, 3.05) is 20.3 Å². The van der Waals surface area contributed by atoms with Crippen molar-refractivity contribution in [3.63, 3.8) is 0 Å². The largest absolute Gasteiger partial charge is 0.478 e. The van der Waals surface area contributed by atoms with E-state index in [4.69, 9.17) is 28.9 Å². The number of esters is 1. The van der Waals surface area contributed by atoms with Crippen LogP contribution in [-0.4, -0.2) is 73.6 Å². The normalized spacial score (nSPS) is 29.8. The zero-order chi connectivity index (χ0) is 20.9. The molecule has 10 nitrogen and oxygen atoms in total. The van der Waals surface area contributed by atoms with Gasteiger partial charge in [-0.1, -0.05) is 0 Å². The summed E-state index contributed by atoms with van der Waals surface area (Å²) in [5, 5.41) is 22.3. The summed E-state index contributed by atoms with van der Waals surface area (Å²) in [5.74, 6) is -2.17. The molecule has 2 aliphatic rings. The van der Waals surface area contributed by atoms with Crippen LogP contribution in [0.3, 0.4) is 0 Å². The Morgan fingerprint density at radius 1 is 1.50 bits per heavy atom. The molecule has 28 heavy (non-hydrogen) atoms. The number of hydrogen-bond acceptors (Lipinski definition) is 9. The van der Waals surface area contributed by atoms with Crippen molar-refractivity contribution >= 4 is 11.9 Å². The minimum atomic E-state index is -1.24. The number of nitrogens with zero attached hydrogens (tertiary/aromatic N) is 1. The molecule has 0 radical (unpaired) electrons. The third-order valence-electron chi connectivity index (χ3n) is 4.32. The van der Waals surface area contributed by atoms with Gasteiger partial charge in [0, 0.05) is 6.92 Å². The lowest BCUT2D eigenvalue weighted by atomic mass is 9.93. The molecule has 0 aromatic carbocycles. The molecule has 0 aliphatic carbocycles. The molecule has 0 saturated carbocycles. The maximum Gasteiger partial charge on any atom is 0.373 e. The second kappa shape index (κ2) is 9.34. The van der Waals surface area contributed by atoms with E-state index in [9.17, 15) is 14.7 Å². The number of carbonyl (C=O) groups excluding carboxylic acids is 2. The molecule has 2 rings (SSSR count). The second-order valence-corrected chi connectivity index (χ2v) is 6.93. The number of methoxy groups -OCH3 is 1. The molecular weight excluding hydrogens is 372 g/mol. The third kappa shape index (κ3) is 5.42. The van der Waals surface area contributed by atoms with Crippen LogP contribution in [0.5, 0.6) is 0 Å². The van der Waals surface area contributed by atoms with E-state index in [0.717, 1.165) is 0 Å². The molecular formula is C18H26N2O8. The predicted octanol–water partition coefficient (Wildman–Crippen LogP) is -0.242. The van der Waals surface area contributed by atoms with Crippen molar-refractivity contribution in [3.05, 3.63) is 11.8 Å². The van der Waals surface area contributed by atoms with Crippen molar-refractivity contribution in [3.8, 4) is 6.07 Å². The number of carbonyl (C=O) groups is 2. The molecule has 2 N–H and O–H groups in total. The third-order valence-corrected chi connectivity index (χ3v) is 4.32. The van der Waals surface area contributed by atoms with Gasteiger partial charge in [0.25, 0.3) is 0 Å². The van der Waals surface area contributed by atoms with E-state index in [0.29, 0.717) is 0 Å². The molecule has 1 saturated heterocycles. The summed E-state index contributed by atoms with van der Waals surface area (Å²) in [7, 11) is 1.19. The number of rotatable bonds is 7. The van der Waals surface area contributed by atoms with Gasteiger partial charge in [-0.15, -0.1) is 0 Å². The van der Waals surface area contributed by atoms with E-state index in [1.165, 1.54) is 20.1 Å². The lowest BCUT2D eigenvalue weighted by Gasteiger charge is -2.40. The summed E-state index contributed by atoms with van der Waals surface area (Å²) >= 11 is 0. The highest BCUT2D eigenvalue weighted by atomic mass is 16.7. The Morgan fingerprint density at radius 3 is 2.75 bits per heavy atom. The minimum absolute atomic E-state index is 0.0705. The highest BCUT2D eigenvalue weighted by Gasteiger charge is 2.48. The molecule has 0 aromatic heterocycles. The van der Waals surface area contributed by atoms with Crippen LogP contribution in [0.15, 0.2) is 11.8 Å². The van der Waals surface area contributed by atoms with Crippen LogP contribution in [0, 0.1) is 11.3 Å². The predicted molar refractivity (Wildman–Crippen MR) is 93.5 cm³/mol. The molecule has 5 atom stereocenters. The molecule has 0 aromatic rings. The number of nitriles is 1. The first kappa shape index (κ1) is 22.1.